The fourth-order valence-corrected chi connectivity index (χ4v) is 9.80. The number of benzene rings is 2. The molecule has 0 bridgehead atoms. The van der Waals surface area contributed by atoms with Gasteiger partial charge >= 0.3 is 0 Å². The molecule has 0 radical (unpaired) electrons. The Balaban J connectivity index is 0.752. The minimum Gasteiger partial charge on any atom is -0.384 e. The number of piperazine rings is 1. The number of imide groups is 1. The number of aliphatic hydroxyl groups is 1. The predicted molar refractivity (Wildman–Crippen MR) is 230 cm³/mol. The number of piperidine rings is 1. The number of rotatable bonds is 11. The van der Waals surface area contributed by atoms with Crippen LogP contribution in [0.1, 0.15) is 59.8 Å². The van der Waals surface area contributed by atoms with Gasteiger partial charge in [0.25, 0.3) is 11.5 Å². The fourth-order valence-electron chi connectivity index (χ4n) is 9.80. The molecule has 3 fully saturated rings. The second kappa shape index (κ2) is 15.3. The number of anilines is 4. The number of nitrogens with one attached hydrogen (secondary N) is 2. The van der Waals surface area contributed by atoms with E-state index in [4.69, 9.17) is 9.97 Å². The molecule has 61 heavy (non-hydrogen) atoms. The molecule has 0 saturated carbocycles. The SMILES string of the molecule is C=CCn1c(=O)c2cnc(Nc3ccc(N4CC(CN5CCN(c6cccc7c6CN(C6CCC(=O)NC6=O)C7=O)CC5)C4)cc3)nc2n1-c1ccc2c(n1)[C@@](O)(CC)CC2. The molecule has 10 rings (SSSR count). The van der Waals surface area contributed by atoms with Crippen LogP contribution in [0.5, 0.6) is 0 Å². The highest BCUT2D eigenvalue weighted by molar-refractivity contribution is 6.06. The van der Waals surface area contributed by atoms with Crippen LogP contribution in [0, 0.1) is 5.92 Å². The molecule has 3 amide bonds. The van der Waals surface area contributed by atoms with Gasteiger partial charge in [0.2, 0.25) is 17.8 Å². The van der Waals surface area contributed by atoms with Gasteiger partial charge in [0.1, 0.15) is 17.0 Å². The Bertz CT molecular complexity index is 2640. The Morgan fingerprint density at radius 1 is 0.967 bits per heavy atom. The van der Waals surface area contributed by atoms with Crippen molar-refractivity contribution in [2.24, 2.45) is 5.92 Å². The molecule has 2 atom stereocenters. The van der Waals surface area contributed by atoms with Crippen LogP contribution in [0.25, 0.3) is 16.9 Å². The fraction of sp³-hybridized carbons (Fsp3) is 0.400. The lowest BCUT2D eigenvalue weighted by molar-refractivity contribution is -0.136. The minimum absolute atomic E-state index is 0.141. The normalized spacial score (nSPS) is 21.8. The molecular formula is C45H49N11O5. The maximum Gasteiger partial charge on any atom is 0.278 e. The van der Waals surface area contributed by atoms with Crippen LogP contribution < -0.4 is 26.0 Å². The van der Waals surface area contributed by atoms with E-state index >= 15 is 0 Å². The molecule has 5 aromatic rings. The van der Waals surface area contributed by atoms with Crippen LogP contribution >= 0.6 is 0 Å². The number of carbonyl (C=O) groups is 3. The number of pyridine rings is 1. The second-order valence-corrected chi connectivity index (χ2v) is 16.9. The van der Waals surface area contributed by atoms with E-state index in [0.717, 1.165) is 80.4 Å². The van der Waals surface area contributed by atoms with Gasteiger partial charge < -0.3 is 25.1 Å². The monoisotopic (exact) mass is 823 g/mol. The van der Waals surface area contributed by atoms with Crippen molar-refractivity contribution in [2.45, 2.75) is 63.8 Å². The molecule has 3 N–H and O–H groups in total. The van der Waals surface area contributed by atoms with Crippen molar-refractivity contribution in [3.63, 3.8) is 0 Å². The molecule has 3 saturated heterocycles. The number of hydrogen-bond acceptors (Lipinski definition) is 12. The van der Waals surface area contributed by atoms with Crippen LogP contribution in [0.2, 0.25) is 0 Å². The average molecular weight is 824 g/mol. The summed E-state index contributed by atoms with van der Waals surface area (Å²) in [5, 5.41) is 17.3. The highest BCUT2D eigenvalue weighted by Gasteiger charge is 2.41. The highest BCUT2D eigenvalue weighted by atomic mass is 16.3. The maximum atomic E-state index is 13.5. The van der Waals surface area contributed by atoms with Gasteiger partial charge in [-0.05, 0) is 73.7 Å². The Morgan fingerprint density at radius 2 is 1.77 bits per heavy atom. The predicted octanol–water partition coefficient (Wildman–Crippen LogP) is 3.47. The van der Waals surface area contributed by atoms with Crippen LogP contribution in [-0.2, 0) is 34.7 Å². The lowest BCUT2D eigenvalue weighted by atomic mass is 9.98. The first-order valence-corrected chi connectivity index (χ1v) is 21.3. The number of hydrogen-bond donors (Lipinski definition) is 3. The summed E-state index contributed by atoms with van der Waals surface area (Å²) >= 11 is 0. The third-order valence-electron chi connectivity index (χ3n) is 13.2. The van der Waals surface area contributed by atoms with Gasteiger partial charge in [-0.1, -0.05) is 25.1 Å². The summed E-state index contributed by atoms with van der Waals surface area (Å²) in [5.41, 5.74) is 5.48. The minimum atomic E-state index is -0.998. The lowest BCUT2D eigenvalue weighted by Gasteiger charge is -2.45. The first kappa shape index (κ1) is 38.8. The molecule has 16 nitrogen and oxygen atoms in total. The third kappa shape index (κ3) is 6.83. The summed E-state index contributed by atoms with van der Waals surface area (Å²) < 4.78 is 3.24. The smallest absolute Gasteiger partial charge is 0.278 e. The lowest BCUT2D eigenvalue weighted by Crippen LogP contribution is -2.55. The average Bonchev–Trinajstić information content (AvgIpc) is 3.87. The van der Waals surface area contributed by atoms with E-state index in [1.54, 1.807) is 26.5 Å². The number of amides is 3. The van der Waals surface area contributed by atoms with E-state index in [2.05, 4.69) is 55.1 Å². The Morgan fingerprint density at radius 3 is 2.52 bits per heavy atom. The van der Waals surface area contributed by atoms with E-state index in [9.17, 15) is 24.3 Å². The summed E-state index contributed by atoms with van der Waals surface area (Å²) in [6.45, 7) is 13.0. The summed E-state index contributed by atoms with van der Waals surface area (Å²) in [5.74, 6) is 0.595. The summed E-state index contributed by atoms with van der Waals surface area (Å²) in [6, 6.07) is 17.3. The van der Waals surface area contributed by atoms with Crippen molar-refractivity contribution in [2.75, 3.05) is 60.9 Å². The number of aryl methyl sites for hydroxylation is 1. The van der Waals surface area contributed by atoms with E-state index in [1.807, 2.05) is 43.3 Å². The standard InChI is InChI=1S/C45H49N11O5/c1-3-18-55-43(60)33-23-46-44(50-40(33)56(55)37-14-8-29-16-17-45(61,4-2)39(29)48-37)47-30-9-11-31(12-10-30)53-25-28(26-53)24-51-19-21-52(22-20-51)35-7-5-6-32-34(35)27-54(42(32)59)36-13-15-38(57)49-41(36)58/h3,5-12,14,23,28,36,61H,1,4,13,15-22,24-27H2,2H3,(H,46,47,50)(H,49,57,58)/t36?,45-/m1/s1. The molecule has 5 aliphatic rings. The quantitative estimate of drug-likeness (QED) is 0.131. The molecular weight excluding hydrogens is 775 g/mol. The number of allylic oxidation sites excluding steroid dienone is 1. The molecule has 3 aromatic heterocycles. The molecule has 2 aromatic carbocycles. The van der Waals surface area contributed by atoms with Gasteiger partial charge in [0.05, 0.1) is 12.2 Å². The number of carbonyl (C=O) groups excluding carboxylic acids is 3. The third-order valence-corrected chi connectivity index (χ3v) is 13.2. The molecule has 1 aliphatic carbocycles. The van der Waals surface area contributed by atoms with Crippen LogP contribution in [0.4, 0.5) is 23.0 Å². The molecule has 16 heteroatoms. The summed E-state index contributed by atoms with van der Waals surface area (Å²) in [4.78, 5) is 74.3. The summed E-state index contributed by atoms with van der Waals surface area (Å²) in [7, 11) is 0. The van der Waals surface area contributed by atoms with Crippen molar-refractivity contribution in [3.05, 3.63) is 106 Å². The molecule has 314 valence electrons. The van der Waals surface area contributed by atoms with Gasteiger partial charge in [0.15, 0.2) is 11.5 Å². The van der Waals surface area contributed by atoms with Crippen LogP contribution in [0.3, 0.4) is 0 Å². The zero-order chi connectivity index (χ0) is 42.0. The van der Waals surface area contributed by atoms with Crippen molar-refractivity contribution < 1.29 is 19.5 Å². The van der Waals surface area contributed by atoms with Crippen molar-refractivity contribution >= 4 is 51.8 Å². The number of nitrogens with zero attached hydrogens (tertiary/aromatic N) is 9. The molecule has 0 spiro atoms. The largest absolute Gasteiger partial charge is 0.384 e. The molecule has 1 unspecified atom stereocenters. The second-order valence-electron chi connectivity index (χ2n) is 16.9. The molecule has 7 heterocycles. The zero-order valence-electron chi connectivity index (χ0n) is 34.2. The zero-order valence-corrected chi connectivity index (χ0v) is 34.2. The number of aromatic nitrogens is 5. The molecule has 4 aliphatic heterocycles. The van der Waals surface area contributed by atoms with Crippen molar-refractivity contribution in [1.82, 2.24) is 39.4 Å². The Labute approximate surface area is 352 Å². The first-order valence-electron chi connectivity index (χ1n) is 21.3. The van der Waals surface area contributed by atoms with Crippen LogP contribution in [0.15, 0.2) is 78.2 Å². The topological polar surface area (TPSA) is 174 Å². The van der Waals surface area contributed by atoms with E-state index in [0.29, 0.717) is 65.8 Å². The van der Waals surface area contributed by atoms with Gasteiger partial charge in [-0.3, -0.25) is 29.4 Å². The Hall–Kier alpha value is -6.39. The first-order chi connectivity index (χ1) is 29.6. The van der Waals surface area contributed by atoms with Crippen molar-refractivity contribution in [1.29, 1.82) is 0 Å². The van der Waals surface area contributed by atoms with Gasteiger partial charge in [-0.25, -0.2) is 19.3 Å². The van der Waals surface area contributed by atoms with Gasteiger partial charge in [0, 0.05) is 99.1 Å². The number of fused-ring (bicyclic) bond motifs is 3. The van der Waals surface area contributed by atoms with E-state index < -0.39 is 11.6 Å². The Kier molecular flexibility index (Phi) is 9.70. The van der Waals surface area contributed by atoms with Gasteiger partial charge in [-0.2, -0.15) is 4.98 Å². The van der Waals surface area contributed by atoms with Crippen molar-refractivity contribution in [3.8, 4) is 5.82 Å². The van der Waals surface area contributed by atoms with E-state index in [-0.39, 0.29) is 36.2 Å². The highest BCUT2D eigenvalue weighted by Crippen LogP contribution is 2.39. The summed E-state index contributed by atoms with van der Waals surface area (Å²) in [6.07, 6.45) is 5.73. The van der Waals surface area contributed by atoms with Crippen LogP contribution in [-0.4, -0.2) is 109 Å². The van der Waals surface area contributed by atoms with Gasteiger partial charge in [-0.15, -0.1) is 6.58 Å². The maximum absolute atomic E-state index is 13.5. The van der Waals surface area contributed by atoms with E-state index in [1.165, 1.54) is 0 Å².